The molecule has 2 N–H and O–H groups in total. The third kappa shape index (κ3) is 3.36. The van der Waals surface area contributed by atoms with E-state index in [0.29, 0.717) is 11.1 Å². The molecule has 0 saturated carbocycles. The van der Waals surface area contributed by atoms with Crippen LogP contribution in [0.2, 0.25) is 0 Å². The fourth-order valence-electron chi connectivity index (χ4n) is 2.40. The van der Waals surface area contributed by atoms with Gasteiger partial charge in [0.05, 0.1) is 12.1 Å². The van der Waals surface area contributed by atoms with Gasteiger partial charge < -0.3 is 10.5 Å². The summed E-state index contributed by atoms with van der Waals surface area (Å²) in [5, 5.41) is -0.113. The Hall–Kier alpha value is -3.19. The van der Waals surface area contributed by atoms with Crippen molar-refractivity contribution in [3.63, 3.8) is 0 Å². The molecular weight excluding hydrogens is 346 g/mol. The number of amides is 3. The van der Waals surface area contributed by atoms with Crippen LogP contribution < -0.4 is 10.5 Å². The fourth-order valence-corrected chi connectivity index (χ4v) is 2.69. The molecule has 1 aliphatic heterocycles. The van der Waals surface area contributed by atoms with Gasteiger partial charge in [-0.05, 0) is 11.1 Å². The lowest BCUT2D eigenvalue weighted by atomic mass is 10.1. The molecule has 0 fully saturated rings. The number of benzene rings is 1. The molecule has 0 spiro atoms. The molecule has 1 aromatic carbocycles. The number of nitrogens with two attached hydrogens (primary N) is 1. The van der Waals surface area contributed by atoms with Crippen LogP contribution in [0.15, 0.2) is 53.7 Å². The summed E-state index contributed by atoms with van der Waals surface area (Å²) < 4.78 is 4.62. The predicted molar refractivity (Wildman–Crippen MR) is 89.2 cm³/mol. The average Bonchev–Trinajstić information content (AvgIpc) is 2.80. The number of ether oxygens (including phenoxy) is 1. The first-order chi connectivity index (χ1) is 12.0. The van der Waals surface area contributed by atoms with E-state index in [-0.39, 0.29) is 23.0 Å². The summed E-state index contributed by atoms with van der Waals surface area (Å²) in [4.78, 5) is 40.5. The summed E-state index contributed by atoms with van der Waals surface area (Å²) in [5.41, 5.74) is 6.22. The van der Waals surface area contributed by atoms with Crippen LogP contribution in [0, 0.1) is 0 Å². The third-order valence-electron chi connectivity index (χ3n) is 3.52. The highest BCUT2D eigenvalue weighted by Gasteiger charge is 2.38. The summed E-state index contributed by atoms with van der Waals surface area (Å²) in [6.45, 7) is -0.00588. The standard InChI is InChI=1S/C17H12ClN3O4/c18-14-13(11-4-2-1-3-5-11)15(22)21(16(14)23)9-10-6-7-12(20-8-10)25-17(19)24/h1-8H,9H2,(H2,19,24). The molecule has 25 heavy (non-hydrogen) atoms. The van der Waals surface area contributed by atoms with Gasteiger partial charge in [-0.15, -0.1) is 0 Å². The van der Waals surface area contributed by atoms with Crippen LogP contribution in [0.1, 0.15) is 11.1 Å². The Labute approximate surface area is 147 Å². The van der Waals surface area contributed by atoms with E-state index in [1.165, 1.54) is 12.3 Å². The Morgan fingerprint density at radius 2 is 1.84 bits per heavy atom. The molecule has 1 aromatic heterocycles. The van der Waals surface area contributed by atoms with Gasteiger partial charge in [-0.1, -0.05) is 48.0 Å². The number of halogens is 1. The van der Waals surface area contributed by atoms with Crippen molar-refractivity contribution in [1.29, 1.82) is 0 Å². The maximum atomic E-state index is 12.6. The van der Waals surface area contributed by atoms with Gasteiger partial charge in [0.25, 0.3) is 11.8 Å². The molecule has 3 amide bonds. The first-order valence-corrected chi connectivity index (χ1v) is 7.59. The summed E-state index contributed by atoms with van der Waals surface area (Å²) in [6, 6.07) is 11.7. The van der Waals surface area contributed by atoms with E-state index in [4.69, 9.17) is 17.3 Å². The van der Waals surface area contributed by atoms with Crippen LogP contribution in [-0.4, -0.2) is 27.8 Å². The van der Waals surface area contributed by atoms with Gasteiger partial charge in [-0.3, -0.25) is 14.5 Å². The number of aromatic nitrogens is 1. The lowest BCUT2D eigenvalue weighted by Crippen LogP contribution is -2.30. The van der Waals surface area contributed by atoms with Crippen LogP contribution in [-0.2, 0) is 16.1 Å². The second kappa shape index (κ2) is 6.74. The topological polar surface area (TPSA) is 103 Å². The Morgan fingerprint density at radius 1 is 1.12 bits per heavy atom. The third-order valence-corrected chi connectivity index (χ3v) is 3.87. The minimum absolute atomic E-state index is 0.00588. The van der Waals surface area contributed by atoms with Crippen LogP contribution >= 0.6 is 11.6 Å². The molecule has 2 aromatic rings. The van der Waals surface area contributed by atoms with Gasteiger partial charge in [0, 0.05) is 12.3 Å². The molecule has 0 radical (unpaired) electrons. The van der Waals surface area contributed by atoms with Gasteiger partial charge in [-0.2, -0.15) is 0 Å². The number of primary amides is 1. The van der Waals surface area contributed by atoms with Gasteiger partial charge >= 0.3 is 6.09 Å². The minimum Gasteiger partial charge on any atom is -0.391 e. The Morgan fingerprint density at radius 3 is 2.44 bits per heavy atom. The number of carbonyl (C=O) groups is 3. The molecule has 7 nitrogen and oxygen atoms in total. The molecule has 1 aliphatic rings. The highest BCUT2D eigenvalue weighted by atomic mass is 35.5. The zero-order valence-corrected chi connectivity index (χ0v) is 13.6. The van der Waals surface area contributed by atoms with Crippen molar-refractivity contribution >= 4 is 35.1 Å². The van der Waals surface area contributed by atoms with E-state index in [2.05, 4.69) is 9.72 Å². The van der Waals surface area contributed by atoms with Crippen LogP contribution in [0.3, 0.4) is 0 Å². The van der Waals surface area contributed by atoms with Crippen molar-refractivity contribution in [2.75, 3.05) is 0 Å². The summed E-state index contributed by atoms with van der Waals surface area (Å²) in [6.07, 6.45) is 0.404. The number of nitrogens with zero attached hydrogens (tertiary/aromatic N) is 2. The Kier molecular flexibility index (Phi) is 4.49. The number of hydrogen-bond acceptors (Lipinski definition) is 5. The van der Waals surface area contributed by atoms with Gasteiger partial charge in [0.2, 0.25) is 5.88 Å². The largest absolute Gasteiger partial charge is 0.411 e. The zero-order valence-electron chi connectivity index (χ0n) is 12.8. The SMILES string of the molecule is NC(=O)Oc1ccc(CN2C(=O)C(Cl)=C(c3ccccc3)C2=O)cn1. The van der Waals surface area contributed by atoms with E-state index >= 15 is 0 Å². The van der Waals surface area contributed by atoms with E-state index in [9.17, 15) is 14.4 Å². The smallest absolute Gasteiger partial charge is 0.391 e. The first kappa shape index (κ1) is 16.7. The second-order valence-electron chi connectivity index (χ2n) is 5.18. The van der Waals surface area contributed by atoms with Crippen molar-refractivity contribution in [1.82, 2.24) is 9.88 Å². The van der Waals surface area contributed by atoms with Crippen LogP contribution in [0.25, 0.3) is 5.57 Å². The molecule has 0 aliphatic carbocycles. The number of carbonyl (C=O) groups excluding carboxylic acids is 3. The van der Waals surface area contributed by atoms with Crippen molar-refractivity contribution < 1.29 is 19.1 Å². The quantitative estimate of drug-likeness (QED) is 0.844. The number of pyridine rings is 1. The number of hydrogen-bond donors (Lipinski definition) is 1. The van der Waals surface area contributed by atoms with Crippen molar-refractivity contribution in [2.24, 2.45) is 5.73 Å². The molecule has 2 heterocycles. The van der Waals surface area contributed by atoms with E-state index < -0.39 is 17.9 Å². The molecule has 0 unspecified atom stereocenters. The fraction of sp³-hybridized carbons (Fsp3) is 0.0588. The van der Waals surface area contributed by atoms with Gasteiger partial charge in [-0.25, -0.2) is 9.78 Å². The molecule has 8 heteroatoms. The normalized spacial score (nSPS) is 14.2. The van der Waals surface area contributed by atoms with Gasteiger partial charge in [0.1, 0.15) is 5.03 Å². The summed E-state index contributed by atoms with van der Waals surface area (Å²) >= 11 is 6.08. The zero-order chi connectivity index (χ0) is 18.0. The first-order valence-electron chi connectivity index (χ1n) is 7.21. The summed E-state index contributed by atoms with van der Waals surface area (Å²) in [7, 11) is 0. The van der Waals surface area contributed by atoms with Crippen LogP contribution in [0.5, 0.6) is 5.88 Å². The Balaban J connectivity index is 1.80. The maximum Gasteiger partial charge on any atom is 0.411 e. The van der Waals surface area contributed by atoms with Gasteiger partial charge in [0.15, 0.2) is 0 Å². The summed E-state index contributed by atoms with van der Waals surface area (Å²) in [5.74, 6) is -1.02. The molecule has 3 rings (SSSR count). The molecule has 126 valence electrons. The maximum absolute atomic E-state index is 12.6. The van der Waals surface area contributed by atoms with Crippen molar-refractivity contribution in [3.05, 3.63) is 64.8 Å². The van der Waals surface area contributed by atoms with Crippen LogP contribution in [0.4, 0.5) is 4.79 Å². The molecular formula is C17H12ClN3O4. The van der Waals surface area contributed by atoms with E-state index in [1.54, 1.807) is 36.4 Å². The lowest BCUT2D eigenvalue weighted by molar-refractivity contribution is -0.137. The molecule has 0 saturated heterocycles. The molecule has 0 bridgehead atoms. The average molecular weight is 358 g/mol. The van der Waals surface area contributed by atoms with Crippen molar-refractivity contribution in [2.45, 2.75) is 6.54 Å². The predicted octanol–water partition coefficient (Wildman–Crippen LogP) is 2.06. The minimum atomic E-state index is -0.978. The molecule has 0 atom stereocenters. The van der Waals surface area contributed by atoms with E-state index in [1.807, 2.05) is 0 Å². The second-order valence-corrected chi connectivity index (χ2v) is 5.56. The highest BCUT2D eigenvalue weighted by molar-refractivity contribution is 6.55. The highest BCUT2D eigenvalue weighted by Crippen LogP contribution is 2.32. The lowest BCUT2D eigenvalue weighted by Gasteiger charge is -2.14. The van der Waals surface area contributed by atoms with Crippen molar-refractivity contribution in [3.8, 4) is 5.88 Å². The van der Waals surface area contributed by atoms with E-state index in [0.717, 1.165) is 4.90 Å². The number of rotatable bonds is 4. The number of imide groups is 1. The Bertz CT molecular complexity index is 879. The monoisotopic (exact) mass is 357 g/mol.